The average Bonchev–Trinajstić information content (AvgIpc) is 2.77. The van der Waals surface area contributed by atoms with E-state index >= 15 is 0 Å². The number of nitrogens with one attached hydrogen (secondary N) is 1. The van der Waals surface area contributed by atoms with Gasteiger partial charge >= 0.3 is 0 Å². The quantitative estimate of drug-likeness (QED) is 0.599. The van der Waals surface area contributed by atoms with E-state index in [-0.39, 0.29) is 5.41 Å². The highest BCUT2D eigenvalue weighted by molar-refractivity contribution is 5.81. The standard InChI is InChI=1S/C24H30N4O2/c1-2-30-21-6-3-5-20(17-21)22(23(25)29)28-16-12-24(10-4-13-27-18-24)11-7-19-8-14-26-15-9-19/h3-6,8-10,13-15,17,22,28H,2,7,11-12,16,18H2,1H3,(H2,25,29). The zero-order valence-electron chi connectivity index (χ0n) is 17.5. The van der Waals surface area contributed by atoms with Crippen molar-refractivity contribution in [2.45, 2.75) is 32.2 Å². The predicted octanol–water partition coefficient (Wildman–Crippen LogP) is 3.25. The summed E-state index contributed by atoms with van der Waals surface area (Å²) < 4.78 is 5.56. The lowest BCUT2D eigenvalue weighted by molar-refractivity contribution is -0.120. The van der Waals surface area contributed by atoms with E-state index in [1.807, 2.05) is 55.9 Å². The zero-order valence-corrected chi connectivity index (χ0v) is 17.5. The van der Waals surface area contributed by atoms with Crippen LogP contribution in [0.3, 0.4) is 0 Å². The number of dihydropyridines is 1. The van der Waals surface area contributed by atoms with Crippen LogP contribution in [0.5, 0.6) is 5.75 Å². The summed E-state index contributed by atoms with van der Waals surface area (Å²) in [7, 11) is 0. The SMILES string of the molecule is CCOc1cccc(C(NCCC2(CCc3ccncc3)C=CC=NC2)C(N)=O)c1. The highest BCUT2D eigenvalue weighted by Gasteiger charge is 2.28. The first-order valence-corrected chi connectivity index (χ1v) is 10.4. The van der Waals surface area contributed by atoms with Crippen molar-refractivity contribution < 1.29 is 9.53 Å². The van der Waals surface area contributed by atoms with Crippen molar-refractivity contribution in [3.63, 3.8) is 0 Å². The van der Waals surface area contributed by atoms with Crippen molar-refractivity contribution in [1.82, 2.24) is 10.3 Å². The number of benzene rings is 1. The van der Waals surface area contributed by atoms with E-state index in [0.717, 1.165) is 37.1 Å². The number of carbonyl (C=O) groups is 1. The Morgan fingerprint density at radius 3 is 2.80 bits per heavy atom. The van der Waals surface area contributed by atoms with Crippen LogP contribution in [0, 0.1) is 5.41 Å². The number of primary amides is 1. The lowest BCUT2D eigenvalue weighted by atomic mass is 9.78. The normalized spacial score (nSPS) is 18.8. The topological polar surface area (TPSA) is 89.6 Å². The molecule has 1 aromatic heterocycles. The number of allylic oxidation sites excluding steroid dienone is 1. The lowest BCUT2D eigenvalue weighted by Gasteiger charge is -2.31. The predicted molar refractivity (Wildman–Crippen MR) is 120 cm³/mol. The van der Waals surface area contributed by atoms with Gasteiger partial charge in [0.05, 0.1) is 6.61 Å². The Balaban J connectivity index is 1.64. The molecule has 0 saturated heterocycles. The van der Waals surface area contributed by atoms with Crippen molar-refractivity contribution in [2.24, 2.45) is 16.1 Å². The van der Waals surface area contributed by atoms with E-state index in [0.29, 0.717) is 13.2 Å². The third kappa shape index (κ3) is 6.00. The summed E-state index contributed by atoms with van der Waals surface area (Å²) in [6.07, 6.45) is 12.6. The van der Waals surface area contributed by atoms with Gasteiger partial charge in [-0.05, 0) is 74.2 Å². The van der Waals surface area contributed by atoms with Crippen LogP contribution in [-0.2, 0) is 11.2 Å². The molecule has 0 bridgehead atoms. The number of aliphatic imine (C=N–C) groups is 1. The molecule has 2 unspecified atom stereocenters. The second-order valence-corrected chi connectivity index (χ2v) is 7.61. The first-order valence-electron chi connectivity index (χ1n) is 10.4. The molecule has 0 spiro atoms. The van der Waals surface area contributed by atoms with Crippen LogP contribution in [0.25, 0.3) is 0 Å². The number of amides is 1. The largest absolute Gasteiger partial charge is 0.494 e. The van der Waals surface area contributed by atoms with Crippen molar-refractivity contribution in [3.05, 3.63) is 72.1 Å². The Hall–Kier alpha value is -2.99. The fraction of sp³-hybridized carbons (Fsp3) is 0.375. The second kappa shape index (κ2) is 10.7. The fourth-order valence-corrected chi connectivity index (χ4v) is 3.79. The minimum absolute atomic E-state index is 0.0413. The third-order valence-corrected chi connectivity index (χ3v) is 5.47. The van der Waals surface area contributed by atoms with Gasteiger partial charge in [-0.2, -0.15) is 0 Å². The molecule has 2 atom stereocenters. The molecule has 1 amide bonds. The average molecular weight is 407 g/mol. The highest BCUT2D eigenvalue weighted by Crippen LogP contribution is 2.32. The molecule has 0 radical (unpaired) electrons. The number of ether oxygens (including phenoxy) is 1. The number of aryl methyl sites for hydroxylation is 1. The molecular weight excluding hydrogens is 376 g/mol. The maximum absolute atomic E-state index is 12.1. The molecule has 6 heteroatoms. The number of carbonyl (C=O) groups excluding carboxylic acids is 1. The van der Waals surface area contributed by atoms with E-state index in [4.69, 9.17) is 10.5 Å². The summed E-state index contributed by atoms with van der Waals surface area (Å²) in [5.74, 6) is 0.341. The van der Waals surface area contributed by atoms with Crippen molar-refractivity contribution >= 4 is 12.1 Å². The van der Waals surface area contributed by atoms with Crippen LogP contribution in [0.2, 0.25) is 0 Å². The van der Waals surface area contributed by atoms with Crippen molar-refractivity contribution in [2.75, 3.05) is 19.7 Å². The van der Waals surface area contributed by atoms with Gasteiger partial charge < -0.3 is 15.8 Å². The third-order valence-electron chi connectivity index (χ3n) is 5.47. The first kappa shape index (κ1) is 21.7. The van der Waals surface area contributed by atoms with E-state index < -0.39 is 11.9 Å². The van der Waals surface area contributed by atoms with E-state index in [2.05, 4.69) is 33.5 Å². The summed E-state index contributed by atoms with van der Waals surface area (Å²) in [5, 5.41) is 3.35. The van der Waals surface area contributed by atoms with Crippen LogP contribution in [0.4, 0.5) is 0 Å². The maximum atomic E-state index is 12.1. The molecule has 2 aromatic rings. The van der Waals surface area contributed by atoms with Crippen LogP contribution in [0.1, 0.15) is 36.9 Å². The Morgan fingerprint density at radius 1 is 1.27 bits per heavy atom. The van der Waals surface area contributed by atoms with Crippen LogP contribution >= 0.6 is 0 Å². The van der Waals surface area contributed by atoms with Gasteiger partial charge in [0.2, 0.25) is 5.91 Å². The highest BCUT2D eigenvalue weighted by atomic mass is 16.5. The molecule has 30 heavy (non-hydrogen) atoms. The monoisotopic (exact) mass is 406 g/mol. The molecule has 1 aliphatic rings. The number of hydrogen-bond donors (Lipinski definition) is 2. The van der Waals surface area contributed by atoms with Crippen molar-refractivity contribution in [3.8, 4) is 5.75 Å². The summed E-state index contributed by atoms with van der Waals surface area (Å²) in [4.78, 5) is 20.7. The van der Waals surface area contributed by atoms with E-state index in [9.17, 15) is 4.79 Å². The zero-order chi connectivity index (χ0) is 21.2. The minimum Gasteiger partial charge on any atom is -0.494 e. The first-order chi connectivity index (χ1) is 14.6. The Kier molecular flexibility index (Phi) is 7.74. The maximum Gasteiger partial charge on any atom is 0.239 e. The molecule has 0 fully saturated rings. The van der Waals surface area contributed by atoms with Crippen LogP contribution < -0.4 is 15.8 Å². The van der Waals surface area contributed by atoms with Gasteiger partial charge in [-0.25, -0.2) is 0 Å². The Morgan fingerprint density at radius 2 is 2.10 bits per heavy atom. The molecule has 3 rings (SSSR count). The number of nitrogens with zero attached hydrogens (tertiary/aromatic N) is 2. The van der Waals surface area contributed by atoms with Gasteiger partial charge in [-0.15, -0.1) is 0 Å². The van der Waals surface area contributed by atoms with Gasteiger partial charge in [0.1, 0.15) is 11.8 Å². The Bertz CT molecular complexity index is 882. The summed E-state index contributed by atoms with van der Waals surface area (Å²) in [5.41, 5.74) is 7.74. The molecule has 158 valence electrons. The minimum atomic E-state index is -0.557. The van der Waals surface area contributed by atoms with Gasteiger partial charge in [0.25, 0.3) is 0 Å². The molecule has 3 N–H and O–H groups in total. The lowest BCUT2D eigenvalue weighted by Crippen LogP contribution is -2.37. The fourth-order valence-electron chi connectivity index (χ4n) is 3.79. The molecule has 0 saturated carbocycles. The number of aromatic nitrogens is 1. The molecule has 1 aliphatic heterocycles. The number of pyridine rings is 1. The van der Waals surface area contributed by atoms with Gasteiger partial charge in [0, 0.05) is 30.6 Å². The summed E-state index contributed by atoms with van der Waals surface area (Å²) in [6.45, 7) is 3.91. The van der Waals surface area contributed by atoms with Gasteiger partial charge in [-0.3, -0.25) is 14.8 Å². The number of hydrogen-bond acceptors (Lipinski definition) is 5. The second-order valence-electron chi connectivity index (χ2n) is 7.61. The van der Waals surface area contributed by atoms with Crippen LogP contribution in [0.15, 0.2) is 65.9 Å². The van der Waals surface area contributed by atoms with E-state index in [1.54, 1.807) is 0 Å². The van der Waals surface area contributed by atoms with Gasteiger partial charge in [-0.1, -0.05) is 18.2 Å². The molecule has 2 heterocycles. The summed E-state index contributed by atoms with van der Waals surface area (Å²) in [6, 6.07) is 11.1. The molecular formula is C24H30N4O2. The molecule has 6 nitrogen and oxygen atoms in total. The summed E-state index contributed by atoms with van der Waals surface area (Å²) >= 11 is 0. The number of rotatable bonds is 11. The smallest absolute Gasteiger partial charge is 0.239 e. The molecule has 0 aliphatic carbocycles. The van der Waals surface area contributed by atoms with Gasteiger partial charge in [0.15, 0.2) is 0 Å². The molecule has 1 aromatic carbocycles. The Labute approximate surface area is 178 Å². The van der Waals surface area contributed by atoms with Crippen molar-refractivity contribution in [1.29, 1.82) is 0 Å². The van der Waals surface area contributed by atoms with Crippen LogP contribution in [-0.4, -0.2) is 36.8 Å². The van der Waals surface area contributed by atoms with E-state index in [1.165, 1.54) is 5.56 Å². The number of nitrogens with two attached hydrogens (primary N) is 1.